The summed E-state index contributed by atoms with van der Waals surface area (Å²) in [7, 11) is 0. The lowest BCUT2D eigenvalue weighted by molar-refractivity contribution is 0.626. The topological polar surface area (TPSA) is 23.8 Å². The van der Waals surface area contributed by atoms with Crippen molar-refractivity contribution in [2.24, 2.45) is 0 Å². The predicted molar refractivity (Wildman–Crippen MR) is 48.8 cm³/mol. The fourth-order valence-electron chi connectivity index (χ4n) is 0.782. The molecule has 1 aromatic carbocycles. The van der Waals surface area contributed by atoms with Crippen molar-refractivity contribution in [2.45, 2.75) is 4.43 Å². The maximum Gasteiger partial charge on any atom is 0.123 e. The van der Waals surface area contributed by atoms with Gasteiger partial charge in [-0.05, 0) is 23.8 Å². The number of halogens is 2. The van der Waals surface area contributed by atoms with E-state index < -0.39 is 0 Å². The third-order valence-corrected chi connectivity index (χ3v) is 2.15. The standard InChI is InChI=1S/C8H5FIN/c9-8-2-1-6(5-11)7(3-8)4-10/h1-3H,4H2. The Morgan fingerprint density at radius 2 is 2.27 bits per heavy atom. The Hall–Kier alpha value is -0.630. The molecule has 0 bridgehead atoms. The fourth-order valence-corrected chi connectivity index (χ4v) is 1.41. The highest BCUT2D eigenvalue weighted by Gasteiger charge is 2.00. The van der Waals surface area contributed by atoms with Gasteiger partial charge in [0, 0.05) is 4.43 Å². The zero-order valence-electron chi connectivity index (χ0n) is 5.64. The summed E-state index contributed by atoms with van der Waals surface area (Å²) >= 11 is 2.10. The van der Waals surface area contributed by atoms with E-state index in [2.05, 4.69) is 22.6 Å². The van der Waals surface area contributed by atoms with Gasteiger partial charge in [0.2, 0.25) is 0 Å². The minimum absolute atomic E-state index is 0.282. The maximum atomic E-state index is 12.6. The zero-order valence-corrected chi connectivity index (χ0v) is 7.80. The van der Waals surface area contributed by atoms with Gasteiger partial charge < -0.3 is 0 Å². The van der Waals surface area contributed by atoms with Crippen LogP contribution in [0.2, 0.25) is 0 Å². The maximum absolute atomic E-state index is 12.6. The van der Waals surface area contributed by atoms with Gasteiger partial charge in [0.15, 0.2) is 0 Å². The predicted octanol–water partition coefficient (Wildman–Crippen LogP) is 2.63. The highest BCUT2D eigenvalue weighted by atomic mass is 127. The number of nitriles is 1. The molecule has 0 radical (unpaired) electrons. The SMILES string of the molecule is N#Cc1ccc(F)cc1CI. The molecule has 0 unspecified atom stereocenters. The number of rotatable bonds is 1. The highest BCUT2D eigenvalue weighted by molar-refractivity contribution is 14.1. The molecule has 0 aromatic heterocycles. The second kappa shape index (κ2) is 3.67. The smallest absolute Gasteiger partial charge is 0.123 e. The molecule has 0 heterocycles. The largest absolute Gasteiger partial charge is 0.207 e. The van der Waals surface area contributed by atoms with Crippen molar-refractivity contribution < 1.29 is 4.39 Å². The van der Waals surface area contributed by atoms with Crippen molar-refractivity contribution in [2.75, 3.05) is 0 Å². The summed E-state index contributed by atoms with van der Waals surface area (Å²) in [6, 6.07) is 6.20. The van der Waals surface area contributed by atoms with Crippen molar-refractivity contribution in [1.82, 2.24) is 0 Å². The van der Waals surface area contributed by atoms with Crippen LogP contribution in [0.1, 0.15) is 11.1 Å². The van der Waals surface area contributed by atoms with Gasteiger partial charge in [0.05, 0.1) is 11.6 Å². The first-order valence-corrected chi connectivity index (χ1v) is 4.55. The Bertz CT molecular complexity index is 303. The first-order valence-electron chi connectivity index (χ1n) is 3.02. The third-order valence-electron chi connectivity index (χ3n) is 1.33. The average molecular weight is 261 g/mol. The van der Waals surface area contributed by atoms with Gasteiger partial charge in [-0.1, -0.05) is 22.6 Å². The molecule has 0 aliphatic rings. The van der Waals surface area contributed by atoms with E-state index in [-0.39, 0.29) is 5.82 Å². The van der Waals surface area contributed by atoms with E-state index in [0.29, 0.717) is 9.99 Å². The van der Waals surface area contributed by atoms with E-state index in [9.17, 15) is 4.39 Å². The summed E-state index contributed by atoms with van der Waals surface area (Å²) < 4.78 is 13.2. The minimum Gasteiger partial charge on any atom is -0.207 e. The lowest BCUT2D eigenvalue weighted by Crippen LogP contribution is -1.86. The van der Waals surface area contributed by atoms with Gasteiger partial charge in [0.25, 0.3) is 0 Å². The first-order chi connectivity index (χ1) is 5.27. The van der Waals surface area contributed by atoms with Crippen LogP contribution >= 0.6 is 22.6 Å². The fraction of sp³-hybridized carbons (Fsp3) is 0.125. The molecule has 1 aromatic rings. The lowest BCUT2D eigenvalue weighted by Gasteiger charge is -1.97. The minimum atomic E-state index is -0.282. The molecule has 0 fully saturated rings. The number of hydrogen-bond acceptors (Lipinski definition) is 1. The number of hydrogen-bond donors (Lipinski definition) is 0. The van der Waals surface area contributed by atoms with E-state index in [1.807, 2.05) is 6.07 Å². The van der Waals surface area contributed by atoms with E-state index >= 15 is 0 Å². The molecular formula is C8H5FIN. The molecule has 0 atom stereocenters. The highest BCUT2D eigenvalue weighted by Crippen LogP contribution is 2.13. The molecule has 0 saturated carbocycles. The van der Waals surface area contributed by atoms with Crippen molar-refractivity contribution in [1.29, 1.82) is 5.26 Å². The van der Waals surface area contributed by atoms with E-state index in [0.717, 1.165) is 5.56 Å². The van der Waals surface area contributed by atoms with Gasteiger partial charge in [-0.2, -0.15) is 5.26 Å². The molecule has 1 rings (SSSR count). The second-order valence-electron chi connectivity index (χ2n) is 2.05. The van der Waals surface area contributed by atoms with Crippen molar-refractivity contribution in [3.05, 3.63) is 35.1 Å². The van der Waals surface area contributed by atoms with Gasteiger partial charge in [-0.25, -0.2) is 4.39 Å². The van der Waals surface area contributed by atoms with Gasteiger partial charge >= 0.3 is 0 Å². The lowest BCUT2D eigenvalue weighted by atomic mass is 10.1. The molecule has 56 valence electrons. The Morgan fingerprint density at radius 1 is 1.55 bits per heavy atom. The van der Waals surface area contributed by atoms with Crippen molar-refractivity contribution in [3.8, 4) is 6.07 Å². The summed E-state index contributed by atoms with van der Waals surface area (Å²) in [6.45, 7) is 0. The van der Waals surface area contributed by atoms with Gasteiger partial charge in [-0.3, -0.25) is 0 Å². The second-order valence-corrected chi connectivity index (χ2v) is 2.81. The molecule has 11 heavy (non-hydrogen) atoms. The zero-order chi connectivity index (χ0) is 8.27. The molecule has 0 spiro atoms. The van der Waals surface area contributed by atoms with Crippen LogP contribution in [0, 0.1) is 17.1 Å². The summed E-state index contributed by atoms with van der Waals surface area (Å²) in [6.07, 6.45) is 0. The van der Waals surface area contributed by atoms with Crippen LogP contribution < -0.4 is 0 Å². The van der Waals surface area contributed by atoms with E-state index in [1.165, 1.54) is 18.2 Å². The molecule has 0 aliphatic carbocycles. The molecule has 0 aliphatic heterocycles. The van der Waals surface area contributed by atoms with Crippen LogP contribution in [0.3, 0.4) is 0 Å². The van der Waals surface area contributed by atoms with Crippen LogP contribution in [0.4, 0.5) is 4.39 Å². The molecule has 1 nitrogen and oxygen atoms in total. The van der Waals surface area contributed by atoms with Gasteiger partial charge in [-0.15, -0.1) is 0 Å². The molecule has 0 amide bonds. The van der Waals surface area contributed by atoms with Crippen LogP contribution in [-0.2, 0) is 4.43 Å². The quantitative estimate of drug-likeness (QED) is 0.563. The monoisotopic (exact) mass is 261 g/mol. The van der Waals surface area contributed by atoms with E-state index in [1.54, 1.807) is 0 Å². The molecule has 3 heteroatoms. The first kappa shape index (κ1) is 8.47. The summed E-state index contributed by atoms with van der Waals surface area (Å²) in [4.78, 5) is 0. The average Bonchev–Trinajstić information content (AvgIpc) is 2.04. The van der Waals surface area contributed by atoms with Crippen molar-refractivity contribution in [3.63, 3.8) is 0 Å². The van der Waals surface area contributed by atoms with Crippen LogP contribution in [0.15, 0.2) is 18.2 Å². The molecular weight excluding hydrogens is 256 g/mol. The van der Waals surface area contributed by atoms with E-state index in [4.69, 9.17) is 5.26 Å². The Labute approximate surface area is 78.0 Å². The number of benzene rings is 1. The Kier molecular flexibility index (Phi) is 2.83. The summed E-state index contributed by atoms with van der Waals surface area (Å²) in [5.41, 5.74) is 1.31. The summed E-state index contributed by atoms with van der Waals surface area (Å²) in [5.74, 6) is -0.282. The summed E-state index contributed by atoms with van der Waals surface area (Å²) in [5, 5.41) is 8.56. The number of alkyl halides is 1. The number of nitrogens with zero attached hydrogens (tertiary/aromatic N) is 1. The van der Waals surface area contributed by atoms with Crippen LogP contribution in [0.25, 0.3) is 0 Å². The van der Waals surface area contributed by atoms with Gasteiger partial charge in [0.1, 0.15) is 5.82 Å². The molecule has 0 N–H and O–H groups in total. The Morgan fingerprint density at radius 3 is 2.82 bits per heavy atom. The van der Waals surface area contributed by atoms with Crippen LogP contribution in [-0.4, -0.2) is 0 Å². The third kappa shape index (κ3) is 1.90. The Balaban J connectivity index is 3.19. The molecule has 0 saturated heterocycles. The van der Waals surface area contributed by atoms with Crippen molar-refractivity contribution >= 4 is 22.6 Å². The normalized spacial score (nSPS) is 9.18. The van der Waals surface area contributed by atoms with Crippen LogP contribution in [0.5, 0.6) is 0 Å².